The number of thioether (sulfide) groups is 1. The van der Waals surface area contributed by atoms with Crippen LogP contribution in [-0.4, -0.2) is 16.8 Å². The molecule has 128 valence electrons. The van der Waals surface area contributed by atoms with Crippen LogP contribution in [0, 0.1) is 0 Å². The van der Waals surface area contributed by atoms with Gasteiger partial charge in [-0.15, -0.1) is 0 Å². The maximum atomic E-state index is 12.9. The van der Waals surface area contributed by atoms with Crippen LogP contribution in [0.15, 0.2) is 53.2 Å². The third kappa shape index (κ3) is 3.87. The lowest BCUT2D eigenvalue weighted by Crippen LogP contribution is -2.30. The summed E-state index contributed by atoms with van der Waals surface area (Å²) in [4.78, 5) is 18.9. The van der Waals surface area contributed by atoms with Crippen LogP contribution >= 0.6 is 46.6 Å². The van der Waals surface area contributed by atoms with Gasteiger partial charge in [0.1, 0.15) is 5.70 Å². The molecule has 1 heterocycles. The van der Waals surface area contributed by atoms with Crippen LogP contribution in [0.1, 0.15) is 12.5 Å². The number of benzene rings is 2. The molecule has 25 heavy (non-hydrogen) atoms. The number of nitrogens with zero attached hydrogens (tertiary/aromatic N) is 2. The molecular formula is C18H13Cl3N2OS. The first kappa shape index (κ1) is 18.3. The van der Waals surface area contributed by atoms with E-state index in [0.717, 1.165) is 11.3 Å². The van der Waals surface area contributed by atoms with E-state index in [1.165, 1.54) is 16.7 Å². The summed E-state index contributed by atoms with van der Waals surface area (Å²) in [6.07, 6.45) is 1.73. The molecule has 1 amide bonds. The second-order valence-corrected chi connectivity index (χ2v) is 7.57. The average Bonchev–Trinajstić information content (AvgIpc) is 2.88. The number of amides is 1. The molecule has 0 unspecified atom stereocenters. The Kier molecular flexibility index (Phi) is 5.74. The normalized spacial score (nSPS) is 15.8. The van der Waals surface area contributed by atoms with Gasteiger partial charge in [0.05, 0.1) is 15.7 Å². The lowest BCUT2D eigenvalue weighted by atomic mass is 10.2. The number of halogens is 3. The molecule has 1 aliphatic heterocycles. The predicted molar refractivity (Wildman–Crippen MR) is 109 cm³/mol. The number of amidine groups is 1. The Morgan fingerprint density at radius 3 is 2.52 bits per heavy atom. The first-order valence-corrected chi connectivity index (χ1v) is 9.60. The lowest BCUT2D eigenvalue weighted by Gasteiger charge is -2.19. The van der Waals surface area contributed by atoms with Crippen molar-refractivity contribution in [2.24, 2.45) is 4.99 Å². The molecular weight excluding hydrogens is 399 g/mol. The van der Waals surface area contributed by atoms with Gasteiger partial charge in [-0.25, -0.2) is 4.99 Å². The van der Waals surface area contributed by atoms with Crippen LogP contribution in [0.3, 0.4) is 0 Å². The monoisotopic (exact) mass is 410 g/mol. The van der Waals surface area contributed by atoms with Gasteiger partial charge in [0.15, 0.2) is 5.17 Å². The van der Waals surface area contributed by atoms with E-state index in [1.54, 1.807) is 36.4 Å². The van der Waals surface area contributed by atoms with E-state index in [0.29, 0.717) is 31.6 Å². The smallest absolute Gasteiger partial charge is 0.266 e. The minimum atomic E-state index is -0.241. The molecule has 2 aromatic carbocycles. The van der Waals surface area contributed by atoms with Crippen molar-refractivity contribution in [3.8, 4) is 0 Å². The third-order valence-corrected chi connectivity index (χ3v) is 5.33. The highest BCUT2D eigenvalue weighted by Gasteiger charge is 2.33. The van der Waals surface area contributed by atoms with Crippen LogP contribution in [0.25, 0.3) is 6.08 Å². The fourth-order valence-corrected chi connectivity index (χ4v) is 3.55. The minimum absolute atomic E-state index is 0.241. The zero-order valence-corrected chi connectivity index (χ0v) is 16.3. The molecule has 3 nitrogen and oxygen atoms in total. The summed E-state index contributed by atoms with van der Waals surface area (Å²) in [6, 6.07) is 12.4. The molecule has 3 rings (SSSR count). The van der Waals surface area contributed by atoms with Gasteiger partial charge in [0.25, 0.3) is 5.91 Å². The van der Waals surface area contributed by atoms with E-state index >= 15 is 0 Å². The topological polar surface area (TPSA) is 32.7 Å². The number of carbonyl (C=O) groups is 1. The van der Waals surface area contributed by atoms with E-state index < -0.39 is 0 Å². The number of anilines is 1. The Balaban J connectivity index is 2.03. The molecule has 0 radical (unpaired) electrons. The highest BCUT2D eigenvalue weighted by molar-refractivity contribution is 8.14. The third-order valence-electron chi connectivity index (χ3n) is 3.45. The van der Waals surface area contributed by atoms with Crippen molar-refractivity contribution in [2.75, 3.05) is 10.7 Å². The Labute approximate surface area is 165 Å². The van der Waals surface area contributed by atoms with Crippen molar-refractivity contribution in [3.63, 3.8) is 0 Å². The molecule has 0 spiro atoms. The molecule has 0 aromatic heterocycles. The molecule has 0 fully saturated rings. The summed E-state index contributed by atoms with van der Waals surface area (Å²) in [5.74, 6) is 0.532. The lowest BCUT2D eigenvalue weighted by molar-refractivity contribution is -0.113. The summed E-state index contributed by atoms with van der Waals surface area (Å²) in [5.41, 5.74) is 1.71. The second-order valence-electron chi connectivity index (χ2n) is 5.12. The Bertz CT molecular complexity index is 878. The van der Waals surface area contributed by atoms with Crippen molar-refractivity contribution < 1.29 is 4.79 Å². The molecule has 7 heteroatoms. The summed E-state index contributed by atoms with van der Waals surface area (Å²) < 4.78 is 0. The van der Waals surface area contributed by atoms with Crippen molar-refractivity contribution >= 4 is 69.4 Å². The van der Waals surface area contributed by atoms with E-state index in [-0.39, 0.29) is 5.91 Å². The van der Waals surface area contributed by atoms with Crippen LogP contribution in [0.2, 0.25) is 15.1 Å². The molecule has 0 aliphatic carbocycles. The van der Waals surface area contributed by atoms with E-state index in [2.05, 4.69) is 4.99 Å². The SMILES string of the molecule is CCSC1=N/C(=C\c2ccc(Cl)cc2)C(=O)N1c1cccc(Cl)c1Cl. The number of hydrogen-bond donors (Lipinski definition) is 0. The average molecular weight is 412 g/mol. The van der Waals surface area contributed by atoms with Crippen molar-refractivity contribution in [2.45, 2.75) is 6.92 Å². The summed E-state index contributed by atoms with van der Waals surface area (Å²) in [6.45, 7) is 2.00. The van der Waals surface area contributed by atoms with E-state index in [1.807, 2.05) is 19.1 Å². The highest BCUT2D eigenvalue weighted by atomic mass is 35.5. The molecule has 0 bridgehead atoms. The van der Waals surface area contributed by atoms with Gasteiger partial charge >= 0.3 is 0 Å². The maximum absolute atomic E-state index is 12.9. The fraction of sp³-hybridized carbons (Fsp3) is 0.111. The van der Waals surface area contributed by atoms with Gasteiger partial charge in [-0.1, -0.05) is 71.7 Å². The van der Waals surface area contributed by atoms with Crippen molar-refractivity contribution in [1.82, 2.24) is 0 Å². The van der Waals surface area contributed by atoms with Gasteiger partial charge in [0.2, 0.25) is 0 Å². The van der Waals surface area contributed by atoms with Crippen LogP contribution in [0.5, 0.6) is 0 Å². The number of rotatable bonds is 3. The Morgan fingerprint density at radius 2 is 1.84 bits per heavy atom. The first-order chi connectivity index (χ1) is 12.0. The minimum Gasteiger partial charge on any atom is -0.266 e. The van der Waals surface area contributed by atoms with Gasteiger partial charge in [-0.3, -0.25) is 9.69 Å². The number of hydrogen-bond acceptors (Lipinski definition) is 3. The number of carbonyl (C=O) groups excluding carboxylic acids is 1. The second kappa shape index (κ2) is 7.83. The molecule has 1 aliphatic rings. The zero-order chi connectivity index (χ0) is 18.0. The van der Waals surface area contributed by atoms with Crippen molar-refractivity contribution in [3.05, 3.63) is 68.8 Å². The quantitative estimate of drug-likeness (QED) is 0.568. The molecule has 0 saturated carbocycles. The van der Waals surface area contributed by atoms with Crippen LogP contribution < -0.4 is 4.90 Å². The molecule has 0 atom stereocenters. The van der Waals surface area contributed by atoms with E-state index in [4.69, 9.17) is 34.8 Å². The fourth-order valence-electron chi connectivity index (χ4n) is 2.32. The number of aliphatic imine (C=N–C) groups is 1. The van der Waals surface area contributed by atoms with Gasteiger partial charge in [0, 0.05) is 5.02 Å². The maximum Gasteiger partial charge on any atom is 0.283 e. The molecule has 0 saturated heterocycles. The molecule has 0 N–H and O–H groups in total. The largest absolute Gasteiger partial charge is 0.283 e. The van der Waals surface area contributed by atoms with Crippen LogP contribution in [0.4, 0.5) is 5.69 Å². The van der Waals surface area contributed by atoms with E-state index in [9.17, 15) is 4.79 Å². The zero-order valence-electron chi connectivity index (χ0n) is 13.2. The summed E-state index contributed by atoms with van der Waals surface area (Å²) in [7, 11) is 0. The van der Waals surface area contributed by atoms with Gasteiger partial charge in [-0.2, -0.15) is 0 Å². The van der Waals surface area contributed by atoms with Gasteiger partial charge in [-0.05, 0) is 41.7 Å². The Morgan fingerprint density at radius 1 is 1.12 bits per heavy atom. The first-order valence-electron chi connectivity index (χ1n) is 7.48. The predicted octanol–water partition coefficient (Wildman–Crippen LogP) is 6.14. The van der Waals surface area contributed by atoms with Crippen molar-refractivity contribution in [1.29, 1.82) is 0 Å². The van der Waals surface area contributed by atoms with Gasteiger partial charge < -0.3 is 0 Å². The summed E-state index contributed by atoms with van der Waals surface area (Å²) >= 11 is 19.8. The highest BCUT2D eigenvalue weighted by Crippen LogP contribution is 2.37. The Hall–Kier alpha value is -1.46. The molecule has 2 aromatic rings. The summed E-state index contributed by atoms with van der Waals surface area (Å²) in [5, 5.41) is 1.94. The standard InChI is InChI=1S/C18H13Cl3N2OS/c1-2-25-18-22-14(10-11-6-8-12(19)9-7-11)17(24)23(18)15-5-3-4-13(20)16(15)21/h3-10H,2H2,1H3/b14-10-. The van der Waals surface area contributed by atoms with Crippen LogP contribution in [-0.2, 0) is 4.79 Å².